The van der Waals surface area contributed by atoms with E-state index < -0.39 is 10.0 Å². The largest absolute Gasteiger partial charge is 0.399 e. The van der Waals surface area contributed by atoms with Gasteiger partial charge in [0.25, 0.3) is 0 Å². The number of hydrogen-bond acceptors (Lipinski definition) is 4. The van der Waals surface area contributed by atoms with Crippen LogP contribution in [0.1, 0.15) is 5.56 Å². The van der Waals surface area contributed by atoms with Crippen molar-refractivity contribution in [3.05, 3.63) is 23.8 Å². The van der Waals surface area contributed by atoms with Crippen LogP contribution in [0.15, 0.2) is 18.2 Å². The van der Waals surface area contributed by atoms with Crippen LogP contribution in [0.3, 0.4) is 0 Å². The minimum absolute atomic E-state index is 0.239. The van der Waals surface area contributed by atoms with Gasteiger partial charge in [0.05, 0.1) is 11.9 Å². The monoisotopic (exact) mass is 215 g/mol. The van der Waals surface area contributed by atoms with Gasteiger partial charge >= 0.3 is 0 Å². The predicted octanol–water partition coefficient (Wildman–Crippen LogP) is 0.0990. The van der Waals surface area contributed by atoms with Crippen molar-refractivity contribution >= 4 is 21.4 Å². The molecule has 0 aliphatic heterocycles. The summed E-state index contributed by atoms with van der Waals surface area (Å²) in [5.74, 6) is 0. The van der Waals surface area contributed by atoms with E-state index in [1.165, 1.54) is 0 Å². The third-order valence-electron chi connectivity index (χ3n) is 1.64. The van der Waals surface area contributed by atoms with Gasteiger partial charge < -0.3 is 11.5 Å². The molecule has 1 rings (SSSR count). The Labute approximate surface area is 83.2 Å². The second-order valence-electron chi connectivity index (χ2n) is 2.99. The van der Waals surface area contributed by atoms with Crippen LogP contribution in [0.5, 0.6) is 0 Å². The summed E-state index contributed by atoms with van der Waals surface area (Å²) in [6.07, 6.45) is 1.09. The number of nitrogen functional groups attached to an aromatic ring is 1. The average Bonchev–Trinajstić information content (AvgIpc) is 2.06. The van der Waals surface area contributed by atoms with Gasteiger partial charge in [-0.2, -0.15) is 0 Å². The molecule has 0 aliphatic rings. The summed E-state index contributed by atoms with van der Waals surface area (Å²) in [4.78, 5) is 0. The Kier molecular flexibility index (Phi) is 2.97. The Morgan fingerprint density at radius 3 is 2.57 bits per heavy atom. The van der Waals surface area contributed by atoms with Gasteiger partial charge in [-0.05, 0) is 23.8 Å². The highest BCUT2D eigenvalue weighted by Crippen LogP contribution is 2.19. The van der Waals surface area contributed by atoms with Crippen LogP contribution >= 0.6 is 0 Å². The Morgan fingerprint density at radius 1 is 1.43 bits per heavy atom. The number of nitrogens with two attached hydrogens (primary N) is 2. The number of hydrogen-bond donors (Lipinski definition) is 3. The lowest BCUT2D eigenvalue weighted by atomic mass is 10.1. The SMILES string of the molecule is CS(=O)(=O)Nc1ccc(N)cc1CN. The van der Waals surface area contributed by atoms with Gasteiger partial charge in [-0.25, -0.2) is 8.42 Å². The van der Waals surface area contributed by atoms with E-state index in [1.54, 1.807) is 18.2 Å². The lowest BCUT2D eigenvalue weighted by Gasteiger charge is -2.09. The Morgan fingerprint density at radius 2 is 2.07 bits per heavy atom. The van der Waals surface area contributed by atoms with Crippen molar-refractivity contribution in [1.82, 2.24) is 0 Å². The van der Waals surface area contributed by atoms with Gasteiger partial charge in [-0.15, -0.1) is 0 Å². The number of rotatable bonds is 3. The van der Waals surface area contributed by atoms with Crippen LogP contribution in [-0.2, 0) is 16.6 Å². The van der Waals surface area contributed by atoms with Crippen LogP contribution in [0.25, 0.3) is 0 Å². The third kappa shape index (κ3) is 2.90. The summed E-state index contributed by atoms with van der Waals surface area (Å²) < 4.78 is 24.3. The van der Waals surface area contributed by atoms with E-state index in [-0.39, 0.29) is 6.54 Å². The molecule has 0 spiro atoms. The fourth-order valence-corrected chi connectivity index (χ4v) is 1.68. The first-order chi connectivity index (χ1) is 6.42. The molecule has 1 aromatic rings. The zero-order chi connectivity index (χ0) is 10.8. The van der Waals surface area contributed by atoms with E-state index in [4.69, 9.17) is 11.5 Å². The molecule has 0 fully saturated rings. The summed E-state index contributed by atoms with van der Waals surface area (Å²) in [5, 5.41) is 0. The molecule has 0 amide bonds. The summed E-state index contributed by atoms with van der Waals surface area (Å²) in [6.45, 7) is 0.239. The molecule has 0 aliphatic carbocycles. The highest BCUT2D eigenvalue weighted by Gasteiger charge is 2.06. The molecule has 0 saturated carbocycles. The van der Waals surface area contributed by atoms with Crippen molar-refractivity contribution in [2.45, 2.75) is 6.54 Å². The minimum Gasteiger partial charge on any atom is -0.399 e. The summed E-state index contributed by atoms with van der Waals surface area (Å²) in [5.41, 5.74) is 12.7. The third-order valence-corrected chi connectivity index (χ3v) is 2.24. The fraction of sp³-hybridized carbons (Fsp3) is 0.250. The number of nitrogens with one attached hydrogen (secondary N) is 1. The van der Waals surface area contributed by atoms with E-state index in [2.05, 4.69) is 4.72 Å². The molecule has 5 nitrogen and oxygen atoms in total. The summed E-state index contributed by atoms with van der Waals surface area (Å²) in [6, 6.07) is 4.86. The second kappa shape index (κ2) is 3.85. The molecule has 0 bridgehead atoms. The fourth-order valence-electron chi connectivity index (χ4n) is 1.08. The molecule has 0 atom stereocenters. The standard InChI is InChI=1S/C8H13N3O2S/c1-14(12,13)11-8-3-2-7(10)4-6(8)5-9/h2-4,11H,5,9-10H2,1H3. The molecule has 1 aromatic carbocycles. The molecule has 5 N–H and O–H groups in total. The van der Waals surface area contributed by atoms with Gasteiger partial charge in [0.1, 0.15) is 0 Å². The van der Waals surface area contributed by atoms with Crippen molar-refractivity contribution in [3.63, 3.8) is 0 Å². The van der Waals surface area contributed by atoms with Crippen LogP contribution in [0, 0.1) is 0 Å². The first-order valence-corrected chi connectivity index (χ1v) is 5.88. The van der Waals surface area contributed by atoms with Crippen LogP contribution in [0.4, 0.5) is 11.4 Å². The summed E-state index contributed by atoms with van der Waals surface area (Å²) >= 11 is 0. The quantitative estimate of drug-likeness (QED) is 0.623. The molecular formula is C8H13N3O2S. The first-order valence-electron chi connectivity index (χ1n) is 3.98. The molecule has 0 heterocycles. The van der Waals surface area contributed by atoms with Gasteiger partial charge in [0.15, 0.2) is 0 Å². The van der Waals surface area contributed by atoms with Gasteiger partial charge in [-0.1, -0.05) is 0 Å². The predicted molar refractivity (Wildman–Crippen MR) is 57.2 cm³/mol. The molecule has 14 heavy (non-hydrogen) atoms. The molecule has 78 valence electrons. The number of anilines is 2. The van der Waals surface area contributed by atoms with Gasteiger partial charge in [0.2, 0.25) is 10.0 Å². The van der Waals surface area contributed by atoms with E-state index in [1.807, 2.05) is 0 Å². The lowest BCUT2D eigenvalue weighted by Crippen LogP contribution is -2.12. The Bertz CT molecular complexity index is 428. The van der Waals surface area contributed by atoms with Crippen molar-refractivity contribution in [2.24, 2.45) is 5.73 Å². The normalized spacial score (nSPS) is 11.3. The molecule has 0 aromatic heterocycles. The van der Waals surface area contributed by atoms with E-state index in [9.17, 15) is 8.42 Å². The van der Waals surface area contributed by atoms with Crippen molar-refractivity contribution in [1.29, 1.82) is 0 Å². The molecular weight excluding hydrogens is 202 g/mol. The lowest BCUT2D eigenvalue weighted by molar-refractivity contribution is 0.606. The van der Waals surface area contributed by atoms with E-state index in [0.717, 1.165) is 6.26 Å². The van der Waals surface area contributed by atoms with Crippen LogP contribution in [-0.4, -0.2) is 14.7 Å². The zero-order valence-corrected chi connectivity index (χ0v) is 8.64. The zero-order valence-electron chi connectivity index (χ0n) is 7.82. The minimum atomic E-state index is -3.27. The molecule has 0 radical (unpaired) electrons. The van der Waals surface area contributed by atoms with Crippen molar-refractivity contribution in [2.75, 3.05) is 16.7 Å². The Balaban J connectivity index is 3.09. The average molecular weight is 215 g/mol. The molecule has 0 unspecified atom stereocenters. The Hall–Kier alpha value is -1.27. The highest BCUT2D eigenvalue weighted by molar-refractivity contribution is 7.92. The smallest absolute Gasteiger partial charge is 0.229 e. The van der Waals surface area contributed by atoms with Gasteiger partial charge in [0, 0.05) is 12.2 Å². The van der Waals surface area contributed by atoms with E-state index in [0.29, 0.717) is 16.9 Å². The maximum absolute atomic E-state index is 11.0. The van der Waals surface area contributed by atoms with Crippen LogP contribution in [0.2, 0.25) is 0 Å². The molecule has 6 heteroatoms. The highest BCUT2D eigenvalue weighted by atomic mass is 32.2. The first kappa shape index (κ1) is 10.8. The van der Waals surface area contributed by atoms with E-state index >= 15 is 0 Å². The maximum Gasteiger partial charge on any atom is 0.229 e. The second-order valence-corrected chi connectivity index (χ2v) is 4.74. The van der Waals surface area contributed by atoms with Crippen molar-refractivity contribution in [3.8, 4) is 0 Å². The summed E-state index contributed by atoms with van der Waals surface area (Å²) in [7, 11) is -3.27. The number of sulfonamides is 1. The topological polar surface area (TPSA) is 98.2 Å². The van der Waals surface area contributed by atoms with Gasteiger partial charge in [-0.3, -0.25) is 4.72 Å². The van der Waals surface area contributed by atoms with Crippen LogP contribution < -0.4 is 16.2 Å². The maximum atomic E-state index is 11.0. The molecule has 0 saturated heterocycles. The number of benzene rings is 1. The van der Waals surface area contributed by atoms with Crippen molar-refractivity contribution < 1.29 is 8.42 Å².